The molecule has 112 valence electrons. The molecule has 0 aliphatic carbocycles. The van der Waals surface area contributed by atoms with E-state index in [-0.39, 0.29) is 5.91 Å². The van der Waals surface area contributed by atoms with Crippen molar-refractivity contribution in [3.63, 3.8) is 0 Å². The van der Waals surface area contributed by atoms with Crippen molar-refractivity contribution in [2.24, 2.45) is 0 Å². The number of carboxylic acids is 1. The Morgan fingerprint density at radius 3 is 2.71 bits per heavy atom. The molecule has 4 nitrogen and oxygen atoms in total. The predicted molar refractivity (Wildman–Crippen MR) is 87.8 cm³/mol. The van der Waals surface area contributed by atoms with Gasteiger partial charge in [-0.1, -0.05) is 6.07 Å². The number of carboxylic acid groups (broad SMARTS) is 1. The first kappa shape index (κ1) is 16.2. The average Bonchev–Trinajstić information content (AvgIpc) is 3.07. The maximum absolute atomic E-state index is 11.9. The van der Waals surface area contributed by atoms with E-state index in [1.807, 2.05) is 12.1 Å². The zero-order valence-corrected chi connectivity index (χ0v) is 14.3. The van der Waals surface area contributed by atoms with E-state index in [1.165, 1.54) is 16.2 Å². The number of thiophene rings is 2. The summed E-state index contributed by atoms with van der Waals surface area (Å²) in [5, 5.41) is 13.6. The summed E-state index contributed by atoms with van der Waals surface area (Å²) in [5.74, 6) is -1.26. The summed E-state index contributed by atoms with van der Waals surface area (Å²) in [7, 11) is 0. The molecule has 0 saturated heterocycles. The van der Waals surface area contributed by atoms with Crippen LogP contribution in [0.25, 0.3) is 0 Å². The summed E-state index contributed by atoms with van der Waals surface area (Å²) < 4.78 is 1.07. The summed E-state index contributed by atoms with van der Waals surface area (Å²) in [5.41, 5.74) is 0. The zero-order valence-electron chi connectivity index (χ0n) is 11.0. The van der Waals surface area contributed by atoms with Crippen LogP contribution in [0.5, 0.6) is 0 Å². The molecule has 0 aliphatic heterocycles. The van der Waals surface area contributed by atoms with Crippen LogP contribution in [0.1, 0.15) is 28.6 Å². The van der Waals surface area contributed by atoms with Gasteiger partial charge in [0.25, 0.3) is 0 Å². The van der Waals surface area contributed by atoms with Crippen LogP contribution in [-0.4, -0.2) is 17.0 Å². The van der Waals surface area contributed by atoms with Gasteiger partial charge in [-0.15, -0.1) is 22.7 Å². The smallest absolute Gasteiger partial charge is 0.331 e. The third-order valence-corrected chi connectivity index (χ3v) is 5.46. The molecule has 2 aromatic rings. The number of halogens is 1. The van der Waals surface area contributed by atoms with Gasteiger partial charge in [-0.2, -0.15) is 0 Å². The summed E-state index contributed by atoms with van der Waals surface area (Å²) in [6, 6.07) is 6.55. The van der Waals surface area contributed by atoms with Gasteiger partial charge in [-0.05, 0) is 52.4 Å². The van der Waals surface area contributed by atoms with Crippen molar-refractivity contribution in [1.29, 1.82) is 0 Å². The van der Waals surface area contributed by atoms with Crippen LogP contribution in [0.15, 0.2) is 33.4 Å². The fourth-order valence-electron chi connectivity index (χ4n) is 1.85. The molecule has 0 spiro atoms. The summed E-state index contributed by atoms with van der Waals surface area (Å²) in [6.45, 7) is 0. The Labute approximate surface area is 138 Å². The number of carbonyl (C=O) groups excluding carboxylic acids is 1. The minimum Gasteiger partial charge on any atom is -0.479 e. The van der Waals surface area contributed by atoms with Gasteiger partial charge in [0.15, 0.2) is 6.04 Å². The number of aliphatic carboxylic acids is 1. The lowest BCUT2D eigenvalue weighted by Gasteiger charge is -2.12. The fraction of sp³-hybridized carbons (Fsp3) is 0.286. The Bertz CT molecular complexity index is 610. The first-order valence-corrected chi connectivity index (χ1v) is 8.85. The molecule has 2 N–H and O–H groups in total. The number of hydrogen-bond acceptors (Lipinski definition) is 4. The molecule has 0 aliphatic rings. The van der Waals surface area contributed by atoms with Gasteiger partial charge in [0, 0.05) is 16.2 Å². The lowest BCUT2D eigenvalue weighted by atomic mass is 10.2. The lowest BCUT2D eigenvalue weighted by Crippen LogP contribution is -2.33. The van der Waals surface area contributed by atoms with E-state index in [4.69, 9.17) is 0 Å². The van der Waals surface area contributed by atoms with E-state index in [1.54, 1.807) is 28.8 Å². The predicted octanol–water partition coefficient (Wildman–Crippen LogP) is 3.84. The topological polar surface area (TPSA) is 66.4 Å². The Hall–Kier alpha value is -1.18. The second kappa shape index (κ2) is 7.72. The van der Waals surface area contributed by atoms with Crippen LogP contribution in [0.2, 0.25) is 0 Å². The highest BCUT2D eigenvalue weighted by Crippen LogP contribution is 2.23. The van der Waals surface area contributed by atoms with Crippen LogP contribution >= 0.6 is 38.6 Å². The van der Waals surface area contributed by atoms with Crippen LogP contribution in [0.3, 0.4) is 0 Å². The molecule has 21 heavy (non-hydrogen) atoms. The van der Waals surface area contributed by atoms with Crippen molar-refractivity contribution in [2.75, 3.05) is 0 Å². The lowest BCUT2D eigenvalue weighted by molar-refractivity contribution is -0.142. The average molecular weight is 388 g/mol. The molecule has 0 saturated carbocycles. The maximum Gasteiger partial charge on any atom is 0.331 e. The highest BCUT2D eigenvalue weighted by molar-refractivity contribution is 9.11. The molecule has 0 aromatic carbocycles. The van der Waals surface area contributed by atoms with Crippen molar-refractivity contribution in [2.45, 2.75) is 25.3 Å². The van der Waals surface area contributed by atoms with Gasteiger partial charge in [0.2, 0.25) is 5.91 Å². The third kappa shape index (κ3) is 4.94. The molecule has 7 heteroatoms. The number of carbonyl (C=O) groups is 2. The molecule has 1 unspecified atom stereocenters. The van der Waals surface area contributed by atoms with E-state index < -0.39 is 12.0 Å². The minimum atomic E-state index is -1.03. The first-order chi connectivity index (χ1) is 10.1. The molecule has 2 heterocycles. The van der Waals surface area contributed by atoms with Crippen LogP contribution in [0, 0.1) is 0 Å². The van der Waals surface area contributed by atoms with Gasteiger partial charge >= 0.3 is 5.97 Å². The Morgan fingerprint density at radius 2 is 2.14 bits per heavy atom. The minimum absolute atomic E-state index is 0.230. The van der Waals surface area contributed by atoms with Crippen molar-refractivity contribution < 1.29 is 14.7 Å². The molecular weight excluding hydrogens is 374 g/mol. The van der Waals surface area contributed by atoms with Gasteiger partial charge in [0.1, 0.15) is 0 Å². The van der Waals surface area contributed by atoms with Crippen molar-refractivity contribution >= 4 is 50.5 Å². The zero-order chi connectivity index (χ0) is 15.2. The van der Waals surface area contributed by atoms with Crippen LogP contribution in [-0.2, 0) is 16.0 Å². The number of amides is 1. The third-order valence-electron chi connectivity index (χ3n) is 2.84. The molecular formula is C14H14BrNO3S2. The van der Waals surface area contributed by atoms with Gasteiger partial charge in [-0.3, -0.25) is 4.79 Å². The SMILES string of the molecule is O=C(CCCc1ccc(Br)s1)NC(C(=O)O)c1cccs1. The van der Waals surface area contributed by atoms with Crippen molar-refractivity contribution in [3.8, 4) is 0 Å². The Kier molecular flexibility index (Phi) is 5.96. The standard InChI is InChI=1S/C14H14BrNO3S2/c15-11-7-6-9(21-11)3-1-5-12(17)16-13(14(18)19)10-4-2-8-20-10/h2,4,6-8,13H,1,3,5H2,(H,16,17)(H,18,19). The molecule has 0 radical (unpaired) electrons. The van der Waals surface area contributed by atoms with E-state index >= 15 is 0 Å². The van der Waals surface area contributed by atoms with Gasteiger partial charge in [0.05, 0.1) is 3.79 Å². The van der Waals surface area contributed by atoms with E-state index in [0.717, 1.165) is 10.2 Å². The normalized spacial score (nSPS) is 12.0. The molecule has 2 rings (SSSR count). The molecule has 1 atom stereocenters. The number of nitrogens with one attached hydrogen (secondary N) is 1. The van der Waals surface area contributed by atoms with E-state index in [2.05, 4.69) is 21.2 Å². The number of rotatable bonds is 7. The summed E-state index contributed by atoms with van der Waals surface area (Å²) in [6.07, 6.45) is 1.85. The molecule has 0 bridgehead atoms. The summed E-state index contributed by atoms with van der Waals surface area (Å²) >= 11 is 6.37. The molecule has 0 fully saturated rings. The largest absolute Gasteiger partial charge is 0.479 e. The monoisotopic (exact) mass is 387 g/mol. The Balaban J connectivity index is 1.81. The van der Waals surface area contributed by atoms with Crippen LogP contribution in [0.4, 0.5) is 0 Å². The second-order valence-electron chi connectivity index (χ2n) is 4.41. The van der Waals surface area contributed by atoms with Gasteiger partial charge in [-0.25, -0.2) is 4.79 Å². The highest BCUT2D eigenvalue weighted by Gasteiger charge is 2.22. The van der Waals surface area contributed by atoms with E-state index in [0.29, 0.717) is 17.7 Å². The Morgan fingerprint density at radius 1 is 1.33 bits per heavy atom. The van der Waals surface area contributed by atoms with Crippen molar-refractivity contribution in [1.82, 2.24) is 5.32 Å². The molecule has 1 amide bonds. The van der Waals surface area contributed by atoms with Gasteiger partial charge < -0.3 is 10.4 Å². The van der Waals surface area contributed by atoms with Crippen molar-refractivity contribution in [3.05, 3.63) is 43.2 Å². The first-order valence-electron chi connectivity index (χ1n) is 6.36. The fourth-order valence-corrected chi connectivity index (χ4v) is 4.14. The number of hydrogen-bond donors (Lipinski definition) is 2. The molecule has 2 aromatic heterocycles. The number of aryl methyl sites for hydroxylation is 1. The maximum atomic E-state index is 11.9. The second-order valence-corrected chi connectivity index (χ2v) is 7.94. The highest BCUT2D eigenvalue weighted by atomic mass is 79.9. The van der Waals surface area contributed by atoms with Crippen LogP contribution < -0.4 is 5.32 Å². The summed E-state index contributed by atoms with van der Waals surface area (Å²) in [4.78, 5) is 24.9. The van der Waals surface area contributed by atoms with E-state index in [9.17, 15) is 14.7 Å². The quantitative estimate of drug-likeness (QED) is 0.758.